The third kappa shape index (κ3) is 4.80. The van der Waals surface area contributed by atoms with Gasteiger partial charge >= 0.3 is 0 Å². The lowest BCUT2D eigenvalue weighted by atomic mass is 10.1. The topological polar surface area (TPSA) is 67.9 Å². The number of nitrogens with one attached hydrogen (secondary N) is 1. The maximum Gasteiger partial charge on any atom is 0.254 e. The first-order valence-corrected chi connectivity index (χ1v) is 8.33. The van der Waals surface area contributed by atoms with E-state index in [1.54, 1.807) is 36.4 Å². The first kappa shape index (κ1) is 19.9. The molecule has 0 bridgehead atoms. The number of halogens is 2. The maximum absolute atomic E-state index is 12.6. The molecule has 0 saturated heterocycles. The molecular formula is C18H18Cl2N2O4. The van der Waals surface area contributed by atoms with Gasteiger partial charge in [0.25, 0.3) is 5.91 Å². The quantitative estimate of drug-likeness (QED) is 0.807. The summed E-state index contributed by atoms with van der Waals surface area (Å²) >= 11 is 12.1. The van der Waals surface area contributed by atoms with Gasteiger partial charge in [-0.25, -0.2) is 0 Å². The van der Waals surface area contributed by atoms with Crippen LogP contribution < -0.4 is 14.8 Å². The number of nitrogens with zero attached hydrogens (tertiary/aromatic N) is 1. The van der Waals surface area contributed by atoms with Crippen molar-refractivity contribution in [1.82, 2.24) is 4.90 Å². The van der Waals surface area contributed by atoms with Gasteiger partial charge in [-0.05, 0) is 24.3 Å². The summed E-state index contributed by atoms with van der Waals surface area (Å²) in [5.74, 6) is 0.176. The average molecular weight is 397 g/mol. The highest BCUT2D eigenvalue weighted by Crippen LogP contribution is 2.29. The van der Waals surface area contributed by atoms with E-state index in [0.717, 1.165) is 0 Å². The zero-order chi connectivity index (χ0) is 19.3. The monoisotopic (exact) mass is 396 g/mol. The molecule has 0 radical (unpaired) electrons. The molecule has 0 aliphatic heterocycles. The molecule has 0 aliphatic rings. The largest absolute Gasteiger partial charge is 0.497 e. The van der Waals surface area contributed by atoms with Crippen LogP contribution in [0.1, 0.15) is 10.4 Å². The summed E-state index contributed by atoms with van der Waals surface area (Å²) in [6, 6.07) is 9.70. The fraction of sp³-hybridized carbons (Fsp3) is 0.222. The van der Waals surface area contributed by atoms with Crippen molar-refractivity contribution in [2.24, 2.45) is 0 Å². The summed E-state index contributed by atoms with van der Waals surface area (Å²) in [5.41, 5.74) is 0.650. The summed E-state index contributed by atoms with van der Waals surface area (Å²) < 4.78 is 10.3. The standard InChI is InChI=1S/C18H18Cl2N2O4/c1-22(10-16(23)21-17-14(19)5-4-6-15(17)20)18(24)11-7-12(25-2)9-13(8-11)26-3/h4-9H,10H2,1-3H3,(H,21,23). The van der Waals surface area contributed by atoms with Crippen LogP contribution >= 0.6 is 23.2 Å². The van der Waals surface area contributed by atoms with Crippen molar-refractivity contribution in [3.05, 3.63) is 52.0 Å². The van der Waals surface area contributed by atoms with E-state index in [-0.39, 0.29) is 12.5 Å². The smallest absolute Gasteiger partial charge is 0.254 e. The average Bonchev–Trinajstić information content (AvgIpc) is 2.63. The van der Waals surface area contributed by atoms with Crippen molar-refractivity contribution in [2.75, 3.05) is 33.1 Å². The number of carbonyl (C=O) groups excluding carboxylic acids is 2. The van der Waals surface area contributed by atoms with Crippen LogP contribution in [0.5, 0.6) is 11.5 Å². The highest BCUT2D eigenvalue weighted by molar-refractivity contribution is 6.39. The highest BCUT2D eigenvalue weighted by atomic mass is 35.5. The maximum atomic E-state index is 12.6. The molecule has 1 N–H and O–H groups in total. The van der Waals surface area contributed by atoms with E-state index in [1.165, 1.54) is 26.2 Å². The Labute approximate surface area is 161 Å². The van der Waals surface area contributed by atoms with Crippen LogP contribution in [0.25, 0.3) is 0 Å². The third-order valence-electron chi connectivity index (χ3n) is 3.55. The van der Waals surface area contributed by atoms with Gasteiger partial charge in [-0.15, -0.1) is 0 Å². The van der Waals surface area contributed by atoms with Gasteiger partial charge in [-0.2, -0.15) is 0 Å². The lowest BCUT2D eigenvalue weighted by Crippen LogP contribution is -2.35. The van der Waals surface area contributed by atoms with Crippen LogP contribution in [0.15, 0.2) is 36.4 Å². The number of ether oxygens (including phenoxy) is 2. The van der Waals surface area contributed by atoms with E-state index < -0.39 is 5.91 Å². The Kier molecular flexibility index (Phi) is 6.71. The van der Waals surface area contributed by atoms with Crippen LogP contribution in [-0.2, 0) is 4.79 Å². The number of anilines is 1. The molecule has 0 aromatic heterocycles. The number of benzene rings is 2. The Morgan fingerprint density at radius 2 is 1.58 bits per heavy atom. The molecule has 0 atom stereocenters. The minimum atomic E-state index is -0.425. The van der Waals surface area contributed by atoms with Gasteiger partial charge in [-0.3, -0.25) is 9.59 Å². The number of hydrogen-bond donors (Lipinski definition) is 1. The molecule has 0 unspecified atom stereocenters. The van der Waals surface area contributed by atoms with Gasteiger partial charge in [0.1, 0.15) is 11.5 Å². The molecule has 0 heterocycles. The second-order valence-electron chi connectivity index (χ2n) is 5.41. The zero-order valence-corrected chi connectivity index (χ0v) is 16.0. The Hall–Kier alpha value is -2.44. The minimum absolute atomic E-state index is 0.181. The van der Waals surface area contributed by atoms with E-state index in [0.29, 0.717) is 32.8 Å². The fourth-order valence-electron chi connectivity index (χ4n) is 2.23. The third-order valence-corrected chi connectivity index (χ3v) is 4.18. The van der Waals surface area contributed by atoms with Gasteiger partial charge in [0, 0.05) is 18.7 Å². The van der Waals surface area contributed by atoms with Crippen LogP contribution in [0, 0.1) is 0 Å². The Bertz CT molecular complexity index is 784. The molecule has 2 amide bonds. The first-order chi connectivity index (χ1) is 12.3. The molecule has 138 valence electrons. The fourth-order valence-corrected chi connectivity index (χ4v) is 2.73. The summed E-state index contributed by atoms with van der Waals surface area (Å²) in [7, 11) is 4.50. The van der Waals surface area contributed by atoms with Crippen molar-refractivity contribution >= 4 is 40.7 Å². The second kappa shape index (κ2) is 8.78. The van der Waals surface area contributed by atoms with Crippen LogP contribution in [0.2, 0.25) is 10.0 Å². The normalized spacial score (nSPS) is 10.2. The number of carbonyl (C=O) groups is 2. The number of likely N-dealkylation sites (N-methyl/N-ethyl adjacent to an activating group) is 1. The van der Waals surface area contributed by atoms with Crippen LogP contribution in [0.4, 0.5) is 5.69 Å². The Morgan fingerprint density at radius 3 is 2.08 bits per heavy atom. The predicted molar refractivity (Wildman–Crippen MR) is 102 cm³/mol. The molecule has 2 rings (SSSR count). The van der Waals surface area contributed by atoms with E-state index in [4.69, 9.17) is 32.7 Å². The van der Waals surface area contributed by atoms with Crippen LogP contribution in [-0.4, -0.2) is 44.5 Å². The van der Waals surface area contributed by atoms with E-state index >= 15 is 0 Å². The van der Waals surface area contributed by atoms with Crippen LogP contribution in [0.3, 0.4) is 0 Å². The molecule has 0 aliphatic carbocycles. The Morgan fingerprint density at radius 1 is 1.04 bits per heavy atom. The lowest BCUT2D eigenvalue weighted by molar-refractivity contribution is -0.116. The van der Waals surface area contributed by atoms with Crippen molar-refractivity contribution in [2.45, 2.75) is 0 Å². The second-order valence-corrected chi connectivity index (χ2v) is 6.22. The van der Waals surface area contributed by atoms with E-state index in [2.05, 4.69) is 5.32 Å². The molecule has 6 nitrogen and oxygen atoms in total. The molecule has 8 heteroatoms. The number of hydrogen-bond acceptors (Lipinski definition) is 4. The Balaban J connectivity index is 2.10. The zero-order valence-electron chi connectivity index (χ0n) is 14.5. The number of amides is 2. The molecular weight excluding hydrogens is 379 g/mol. The molecule has 2 aromatic rings. The SMILES string of the molecule is COc1cc(OC)cc(C(=O)N(C)CC(=O)Nc2c(Cl)cccc2Cl)c1. The van der Waals surface area contributed by atoms with Crippen molar-refractivity contribution in [1.29, 1.82) is 0 Å². The summed E-state index contributed by atoms with van der Waals surface area (Å²) in [4.78, 5) is 26.1. The molecule has 0 spiro atoms. The summed E-state index contributed by atoms with van der Waals surface area (Å²) in [5, 5.41) is 3.25. The number of rotatable bonds is 6. The van der Waals surface area contributed by atoms with E-state index in [9.17, 15) is 9.59 Å². The van der Waals surface area contributed by atoms with Gasteiger partial charge in [-0.1, -0.05) is 29.3 Å². The molecule has 0 saturated carbocycles. The first-order valence-electron chi connectivity index (χ1n) is 7.58. The predicted octanol–water partition coefficient (Wildman–Crippen LogP) is 3.72. The molecule has 0 fully saturated rings. The molecule has 26 heavy (non-hydrogen) atoms. The van der Waals surface area contributed by atoms with Crippen molar-refractivity contribution < 1.29 is 19.1 Å². The summed E-state index contributed by atoms with van der Waals surface area (Å²) in [6.07, 6.45) is 0. The van der Waals surface area contributed by atoms with Gasteiger partial charge in [0.05, 0.1) is 36.5 Å². The summed E-state index contributed by atoms with van der Waals surface area (Å²) in [6.45, 7) is -0.181. The van der Waals surface area contributed by atoms with Crippen molar-refractivity contribution in [3.8, 4) is 11.5 Å². The van der Waals surface area contributed by atoms with Gasteiger partial charge < -0.3 is 19.7 Å². The van der Waals surface area contributed by atoms with Gasteiger partial charge in [0.2, 0.25) is 5.91 Å². The lowest BCUT2D eigenvalue weighted by Gasteiger charge is -2.18. The van der Waals surface area contributed by atoms with E-state index in [1.807, 2.05) is 0 Å². The molecule has 2 aromatic carbocycles. The minimum Gasteiger partial charge on any atom is -0.497 e. The highest BCUT2D eigenvalue weighted by Gasteiger charge is 2.18. The van der Waals surface area contributed by atoms with Crippen molar-refractivity contribution in [3.63, 3.8) is 0 Å². The number of methoxy groups -OCH3 is 2. The van der Waals surface area contributed by atoms with Gasteiger partial charge in [0.15, 0.2) is 0 Å². The number of para-hydroxylation sites is 1.